The average molecular weight is 286 g/mol. The topological polar surface area (TPSA) is 46.5 Å². The molecular formula is C18H22O3. The van der Waals surface area contributed by atoms with Gasteiger partial charge in [-0.25, -0.2) is 0 Å². The minimum Gasteiger partial charge on any atom is -0.444 e. The van der Waals surface area contributed by atoms with Crippen molar-refractivity contribution < 1.29 is 14.6 Å². The number of esters is 1. The molecule has 1 aromatic rings. The minimum atomic E-state index is -0.632. The molecule has 0 heterocycles. The third-order valence-corrected chi connectivity index (χ3v) is 3.84. The quantitative estimate of drug-likeness (QED) is 0.685. The van der Waals surface area contributed by atoms with Gasteiger partial charge >= 0.3 is 5.97 Å². The smallest absolute Gasteiger partial charge is 0.304 e. The maximum absolute atomic E-state index is 11.2. The Morgan fingerprint density at radius 3 is 2.48 bits per heavy atom. The van der Waals surface area contributed by atoms with Crippen molar-refractivity contribution in [3.63, 3.8) is 0 Å². The van der Waals surface area contributed by atoms with Crippen LogP contribution < -0.4 is 0 Å². The Labute approximate surface area is 126 Å². The van der Waals surface area contributed by atoms with Crippen molar-refractivity contribution in [2.24, 2.45) is 5.92 Å². The summed E-state index contributed by atoms with van der Waals surface area (Å²) in [6.45, 7) is 1.37. The van der Waals surface area contributed by atoms with E-state index in [-0.39, 0.29) is 11.9 Å². The van der Waals surface area contributed by atoms with Crippen LogP contribution in [0.25, 0.3) is 0 Å². The SMILES string of the molecule is CC(=O)O[C@H](C#C[C@H](O)C1CCCCC1)c1ccccc1. The predicted octanol–water partition coefficient (Wildman–Crippen LogP) is 3.24. The van der Waals surface area contributed by atoms with Crippen molar-refractivity contribution >= 4 is 5.97 Å². The zero-order chi connectivity index (χ0) is 15.1. The van der Waals surface area contributed by atoms with Crippen LogP contribution in [-0.2, 0) is 9.53 Å². The first-order valence-corrected chi connectivity index (χ1v) is 7.58. The first-order valence-electron chi connectivity index (χ1n) is 7.58. The summed E-state index contributed by atoms with van der Waals surface area (Å²) < 4.78 is 5.25. The Kier molecular flexibility index (Phi) is 5.83. The van der Waals surface area contributed by atoms with Crippen molar-refractivity contribution in [2.75, 3.05) is 0 Å². The molecule has 0 bridgehead atoms. The molecule has 2 atom stereocenters. The third kappa shape index (κ3) is 4.91. The van der Waals surface area contributed by atoms with Crippen molar-refractivity contribution in [1.82, 2.24) is 0 Å². The van der Waals surface area contributed by atoms with Crippen molar-refractivity contribution in [1.29, 1.82) is 0 Å². The van der Waals surface area contributed by atoms with E-state index in [1.54, 1.807) is 0 Å². The highest BCUT2D eigenvalue weighted by Crippen LogP contribution is 2.26. The zero-order valence-corrected chi connectivity index (χ0v) is 12.4. The number of aliphatic hydroxyl groups is 1. The summed E-state index contributed by atoms with van der Waals surface area (Å²) in [5.41, 5.74) is 0.830. The molecule has 1 aliphatic carbocycles. The van der Waals surface area contributed by atoms with Gasteiger partial charge < -0.3 is 9.84 Å². The number of hydrogen-bond acceptors (Lipinski definition) is 3. The molecule has 3 heteroatoms. The van der Waals surface area contributed by atoms with Gasteiger partial charge in [0, 0.05) is 12.5 Å². The molecule has 3 nitrogen and oxygen atoms in total. The molecule has 0 aromatic heterocycles. The van der Waals surface area contributed by atoms with E-state index in [1.165, 1.54) is 13.3 Å². The van der Waals surface area contributed by atoms with Crippen LogP contribution in [0.2, 0.25) is 0 Å². The predicted molar refractivity (Wildman–Crippen MR) is 81.3 cm³/mol. The molecule has 0 aliphatic heterocycles. The number of rotatable bonds is 3. The van der Waals surface area contributed by atoms with Gasteiger partial charge in [0.2, 0.25) is 0 Å². The van der Waals surface area contributed by atoms with Crippen LogP contribution >= 0.6 is 0 Å². The second-order valence-electron chi connectivity index (χ2n) is 5.53. The van der Waals surface area contributed by atoms with Gasteiger partial charge in [-0.1, -0.05) is 61.4 Å². The highest BCUT2D eigenvalue weighted by Gasteiger charge is 2.20. The van der Waals surface area contributed by atoms with E-state index >= 15 is 0 Å². The molecule has 112 valence electrons. The Morgan fingerprint density at radius 1 is 1.19 bits per heavy atom. The summed E-state index contributed by atoms with van der Waals surface area (Å²) in [6, 6.07) is 9.40. The van der Waals surface area contributed by atoms with Crippen molar-refractivity contribution in [2.45, 2.75) is 51.2 Å². The second kappa shape index (κ2) is 7.85. The molecule has 1 aromatic carbocycles. The van der Waals surface area contributed by atoms with E-state index in [4.69, 9.17) is 4.74 Å². The van der Waals surface area contributed by atoms with Crippen LogP contribution in [0.1, 0.15) is 50.7 Å². The maximum atomic E-state index is 11.2. The van der Waals surface area contributed by atoms with Crippen LogP contribution in [0.3, 0.4) is 0 Å². The van der Waals surface area contributed by atoms with E-state index in [0.29, 0.717) is 0 Å². The van der Waals surface area contributed by atoms with Gasteiger partial charge in [0.1, 0.15) is 6.10 Å². The van der Waals surface area contributed by atoms with Crippen LogP contribution in [0.4, 0.5) is 0 Å². The summed E-state index contributed by atoms with van der Waals surface area (Å²) in [7, 11) is 0. The van der Waals surface area contributed by atoms with E-state index in [1.807, 2.05) is 30.3 Å². The van der Waals surface area contributed by atoms with Gasteiger partial charge in [0.05, 0.1) is 0 Å². The highest BCUT2D eigenvalue weighted by molar-refractivity contribution is 5.66. The molecule has 1 aliphatic rings. The van der Waals surface area contributed by atoms with E-state index in [9.17, 15) is 9.90 Å². The molecule has 1 fully saturated rings. The lowest BCUT2D eigenvalue weighted by Crippen LogP contribution is -2.21. The number of carbonyl (C=O) groups excluding carboxylic acids is 1. The lowest BCUT2D eigenvalue weighted by atomic mass is 9.85. The highest BCUT2D eigenvalue weighted by atomic mass is 16.5. The van der Waals surface area contributed by atoms with Gasteiger partial charge in [-0.05, 0) is 18.8 Å². The first kappa shape index (κ1) is 15.6. The average Bonchev–Trinajstić information content (AvgIpc) is 2.52. The number of carbonyl (C=O) groups is 1. The Hall–Kier alpha value is -1.79. The molecule has 0 radical (unpaired) electrons. The lowest BCUT2D eigenvalue weighted by Gasteiger charge is -2.23. The fourth-order valence-electron chi connectivity index (χ4n) is 2.70. The molecule has 1 saturated carbocycles. The number of hydrogen-bond donors (Lipinski definition) is 1. The normalized spacial score (nSPS) is 18.2. The van der Waals surface area contributed by atoms with Crippen LogP contribution in [0.5, 0.6) is 0 Å². The summed E-state index contributed by atoms with van der Waals surface area (Å²) in [5.74, 6) is 5.69. The Balaban J connectivity index is 2.08. The van der Waals surface area contributed by atoms with Gasteiger partial charge in [-0.2, -0.15) is 0 Å². The van der Waals surface area contributed by atoms with E-state index < -0.39 is 12.2 Å². The first-order chi connectivity index (χ1) is 10.2. The van der Waals surface area contributed by atoms with Crippen LogP contribution in [0.15, 0.2) is 30.3 Å². The monoisotopic (exact) mass is 286 g/mol. The maximum Gasteiger partial charge on any atom is 0.304 e. The molecule has 0 amide bonds. The van der Waals surface area contributed by atoms with E-state index in [0.717, 1.165) is 31.2 Å². The summed E-state index contributed by atoms with van der Waals surface area (Å²) in [5, 5.41) is 10.2. The summed E-state index contributed by atoms with van der Waals surface area (Å²) >= 11 is 0. The molecule has 2 rings (SSSR count). The minimum absolute atomic E-state index is 0.250. The Bertz CT molecular complexity index is 506. The van der Waals surface area contributed by atoms with Crippen LogP contribution in [0, 0.1) is 17.8 Å². The fourth-order valence-corrected chi connectivity index (χ4v) is 2.70. The summed E-state index contributed by atoms with van der Waals surface area (Å²) in [4.78, 5) is 11.2. The van der Waals surface area contributed by atoms with Gasteiger partial charge in [-0.15, -0.1) is 0 Å². The number of benzene rings is 1. The standard InChI is InChI=1S/C18H22O3/c1-14(19)21-18(16-10-6-3-7-11-16)13-12-17(20)15-8-4-2-5-9-15/h3,6-7,10-11,15,17-18,20H,2,4-5,8-9H2,1H3/t17-,18+/m0/s1. The second-order valence-corrected chi connectivity index (χ2v) is 5.53. The summed E-state index contributed by atoms with van der Waals surface area (Å²) in [6.07, 6.45) is 4.38. The molecule has 1 N–H and O–H groups in total. The van der Waals surface area contributed by atoms with Crippen molar-refractivity contribution in [3.05, 3.63) is 35.9 Å². The molecular weight excluding hydrogens is 264 g/mol. The van der Waals surface area contributed by atoms with Gasteiger partial charge in [0.15, 0.2) is 6.10 Å². The number of aliphatic hydroxyl groups excluding tert-OH is 1. The molecule has 0 saturated heterocycles. The lowest BCUT2D eigenvalue weighted by molar-refractivity contribution is -0.144. The largest absolute Gasteiger partial charge is 0.444 e. The Morgan fingerprint density at radius 2 is 1.86 bits per heavy atom. The molecule has 21 heavy (non-hydrogen) atoms. The molecule has 0 spiro atoms. The fraction of sp³-hybridized carbons (Fsp3) is 0.500. The zero-order valence-electron chi connectivity index (χ0n) is 12.4. The number of ether oxygens (including phenoxy) is 1. The van der Waals surface area contributed by atoms with Crippen LogP contribution in [-0.4, -0.2) is 17.2 Å². The third-order valence-electron chi connectivity index (χ3n) is 3.84. The van der Waals surface area contributed by atoms with Gasteiger partial charge in [0.25, 0.3) is 0 Å². The van der Waals surface area contributed by atoms with Crippen molar-refractivity contribution in [3.8, 4) is 11.8 Å². The van der Waals surface area contributed by atoms with E-state index in [2.05, 4.69) is 11.8 Å². The van der Waals surface area contributed by atoms with Gasteiger partial charge in [-0.3, -0.25) is 4.79 Å². The molecule has 0 unspecified atom stereocenters.